The zero-order chi connectivity index (χ0) is 20.9. The molecule has 0 aliphatic rings. The highest BCUT2D eigenvalue weighted by molar-refractivity contribution is 7.92. The van der Waals surface area contributed by atoms with Gasteiger partial charge in [-0.15, -0.1) is 0 Å². The molecule has 2 aromatic rings. The van der Waals surface area contributed by atoms with Gasteiger partial charge in [0.1, 0.15) is 18.0 Å². The Hall–Kier alpha value is -2.45. The van der Waals surface area contributed by atoms with Gasteiger partial charge in [-0.05, 0) is 18.1 Å². The average Bonchev–Trinajstić information content (AvgIpc) is 2.65. The van der Waals surface area contributed by atoms with Crippen molar-refractivity contribution in [2.75, 3.05) is 36.6 Å². The summed E-state index contributed by atoms with van der Waals surface area (Å²) >= 11 is 6.09. The van der Waals surface area contributed by atoms with Gasteiger partial charge in [0.15, 0.2) is 0 Å². The van der Waals surface area contributed by atoms with Crippen molar-refractivity contribution >= 4 is 38.9 Å². The van der Waals surface area contributed by atoms with E-state index in [9.17, 15) is 13.2 Å². The van der Waals surface area contributed by atoms with Gasteiger partial charge in [0, 0.05) is 17.8 Å². The second kappa shape index (κ2) is 9.16. The minimum absolute atomic E-state index is 0.158. The fraction of sp³-hybridized carbons (Fsp3) is 0.316. The van der Waals surface area contributed by atoms with Crippen LogP contribution in [0.5, 0.6) is 11.5 Å². The van der Waals surface area contributed by atoms with Gasteiger partial charge in [0.05, 0.1) is 31.2 Å². The topological polar surface area (TPSA) is 84.9 Å². The van der Waals surface area contributed by atoms with Gasteiger partial charge in [-0.2, -0.15) is 0 Å². The second-order valence-corrected chi connectivity index (χ2v) is 8.30. The lowest BCUT2D eigenvalue weighted by Gasteiger charge is -2.24. The van der Waals surface area contributed by atoms with E-state index in [0.29, 0.717) is 5.69 Å². The van der Waals surface area contributed by atoms with Crippen molar-refractivity contribution in [2.24, 2.45) is 0 Å². The molecule has 0 bridgehead atoms. The van der Waals surface area contributed by atoms with Gasteiger partial charge in [-0.1, -0.05) is 36.7 Å². The van der Waals surface area contributed by atoms with E-state index in [1.807, 2.05) is 19.1 Å². The summed E-state index contributed by atoms with van der Waals surface area (Å²) in [5.41, 5.74) is 1.75. The van der Waals surface area contributed by atoms with E-state index in [1.165, 1.54) is 26.4 Å². The molecule has 0 aliphatic carbocycles. The molecule has 0 unspecified atom stereocenters. The number of methoxy groups -OCH3 is 2. The first kappa shape index (κ1) is 21.8. The Bertz CT molecular complexity index is 963. The number of nitrogens with zero attached hydrogens (tertiary/aromatic N) is 1. The molecule has 0 heterocycles. The van der Waals surface area contributed by atoms with Crippen LogP contribution in [0.25, 0.3) is 0 Å². The summed E-state index contributed by atoms with van der Waals surface area (Å²) in [5.74, 6) is -0.0110. The number of sulfonamides is 1. The number of ether oxygens (including phenoxy) is 2. The highest BCUT2D eigenvalue weighted by Gasteiger charge is 2.26. The van der Waals surface area contributed by atoms with Crippen molar-refractivity contribution in [3.05, 3.63) is 47.0 Å². The number of carbonyl (C=O) groups is 1. The standard InChI is InChI=1S/C19H23ClN2O5S/c1-5-13-8-6-7-9-15(13)21-19(23)12-22(28(4,24)25)16-11-17(26-2)14(20)10-18(16)27-3/h6-11H,5,12H2,1-4H3,(H,21,23). The molecule has 7 nitrogen and oxygen atoms in total. The van der Waals surface area contributed by atoms with Crippen LogP contribution in [0.15, 0.2) is 36.4 Å². The fourth-order valence-electron chi connectivity index (χ4n) is 2.69. The van der Waals surface area contributed by atoms with Gasteiger partial charge in [-0.3, -0.25) is 9.10 Å². The third-order valence-electron chi connectivity index (χ3n) is 4.08. The van der Waals surface area contributed by atoms with Crippen LogP contribution in [0, 0.1) is 0 Å². The molecule has 152 valence electrons. The first-order valence-corrected chi connectivity index (χ1v) is 10.7. The van der Waals surface area contributed by atoms with E-state index >= 15 is 0 Å². The van der Waals surface area contributed by atoms with E-state index < -0.39 is 22.5 Å². The number of halogens is 1. The second-order valence-electron chi connectivity index (χ2n) is 5.99. The zero-order valence-corrected chi connectivity index (χ0v) is 17.7. The number of carbonyl (C=O) groups excluding carboxylic acids is 1. The number of aryl methyl sites for hydroxylation is 1. The molecular formula is C19H23ClN2O5S. The molecule has 0 atom stereocenters. The van der Waals surface area contributed by atoms with Crippen molar-refractivity contribution in [3.8, 4) is 11.5 Å². The summed E-state index contributed by atoms with van der Waals surface area (Å²) < 4.78 is 36.2. The first-order valence-electron chi connectivity index (χ1n) is 8.48. The molecule has 0 saturated heterocycles. The van der Waals surface area contributed by atoms with Crippen molar-refractivity contribution < 1.29 is 22.7 Å². The molecule has 0 fully saturated rings. The maximum absolute atomic E-state index is 12.6. The van der Waals surface area contributed by atoms with E-state index in [2.05, 4.69) is 5.32 Å². The van der Waals surface area contributed by atoms with Crippen LogP contribution in [0.2, 0.25) is 5.02 Å². The number of para-hydroxylation sites is 1. The van der Waals surface area contributed by atoms with Crippen LogP contribution in [-0.2, 0) is 21.2 Å². The van der Waals surface area contributed by atoms with Crippen molar-refractivity contribution in [1.82, 2.24) is 0 Å². The number of hydrogen-bond acceptors (Lipinski definition) is 5. The van der Waals surface area contributed by atoms with E-state index in [4.69, 9.17) is 21.1 Å². The van der Waals surface area contributed by atoms with Gasteiger partial charge in [0.25, 0.3) is 0 Å². The fourth-order valence-corrected chi connectivity index (χ4v) is 3.77. The quantitative estimate of drug-likeness (QED) is 0.699. The predicted octanol–water partition coefficient (Wildman–Crippen LogP) is 3.32. The summed E-state index contributed by atoms with van der Waals surface area (Å²) in [6.07, 6.45) is 1.75. The van der Waals surface area contributed by atoms with Crippen LogP contribution in [0.3, 0.4) is 0 Å². The highest BCUT2D eigenvalue weighted by Crippen LogP contribution is 2.39. The number of rotatable bonds is 8. The minimum Gasteiger partial charge on any atom is -0.495 e. The van der Waals surface area contributed by atoms with Crippen molar-refractivity contribution in [1.29, 1.82) is 0 Å². The number of benzene rings is 2. The highest BCUT2D eigenvalue weighted by atomic mass is 35.5. The van der Waals surface area contributed by atoms with Gasteiger partial charge < -0.3 is 14.8 Å². The number of hydrogen-bond donors (Lipinski definition) is 1. The summed E-state index contributed by atoms with van der Waals surface area (Å²) in [6, 6.07) is 10.2. The monoisotopic (exact) mass is 426 g/mol. The van der Waals surface area contributed by atoms with E-state index in [0.717, 1.165) is 22.5 Å². The van der Waals surface area contributed by atoms with Crippen LogP contribution >= 0.6 is 11.6 Å². The molecule has 0 aromatic heterocycles. The molecule has 2 rings (SSSR count). The zero-order valence-electron chi connectivity index (χ0n) is 16.2. The lowest BCUT2D eigenvalue weighted by molar-refractivity contribution is -0.114. The predicted molar refractivity (Wildman–Crippen MR) is 111 cm³/mol. The van der Waals surface area contributed by atoms with Crippen LogP contribution in [0.1, 0.15) is 12.5 Å². The van der Waals surface area contributed by atoms with Crippen molar-refractivity contribution in [2.45, 2.75) is 13.3 Å². The molecular weight excluding hydrogens is 404 g/mol. The summed E-state index contributed by atoms with van der Waals surface area (Å²) in [5, 5.41) is 3.03. The molecule has 1 amide bonds. The molecule has 1 N–H and O–H groups in total. The van der Waals surface area contributed by atoms with Crippen LogP contribution in [-0.4, -0.2) is 41.3 Å². The van der Waals surface area contributed by atoms with Crippen LogP contribution < -0.4 is 19.1 Å². The SMILES string of the molecule is CCc1ccccc1NC(=O)CN(c1cc(OC)c(Cl)cc1OC)S(C)(=O)=O. The average molecular weight is 427 g/mol. The Morgan fingerprint density at radius 3 is 2.36 bits per heavy atom. The molecule has 0 aliphatic heterocycles. The smallest absolute Gasteiger partial charge is 0.245 e. The Morgan fingerprint density at radius 1 is 1.14 bits per heavy atom. The molecule has 9 heteroatoms. The normalized spacial score (nSPS) is 11.0. The summed E-state index contributed by atoms with van der Waals surface area (Å²) in [4.78, 5) is 12.6. The Morgan fingerprint density at radius 2 is 1.79 bits per heavy atom. The third kappa shape index (κ3) is 5.08. The Balaban J connectivity index is 2.39. The number of nitrogens with one attached hydrogen (secondary N) is 1. The number of anilines is 2. The largest absolute Gasteiger partial charge is 0.495 e. The summed E-state index contributed by atoms with van der Waals surface area (Å²) in [6.45, 7) is 1.54. The van der Waals surface area contributed by atoms with Crippen LogP contribution in [0.4, 0.5) is 11.4 Å². The molecule has 2 aromatic carbocycles. The summed E-state index contributed by atoms with van der Waals surface area (Å²) in [7, 11) is -0.996. The maximum Gasteiger partial charge on any atom is 0.245 e. The number of amides is 1. The van der Waals surface area contributed by atoms with Crippen molar-refractivity contribution in [3.63, 3.8) is 0 Å². The van der Waals surface area contributed by atoms with Gasteiger partial charge in [-0.25, -0.2) is 8.42 Å². The lowest BCUT2D eigenvalue weighted by atomic mass is 10.1. The minimum atomic E-state index is -3.80. The molecule has 0 spiro atoms. The Kier molecular flexibility index (Phi) is 7.15. The molecule has 28 heavy (non-hydrogen) atoms. The van der Waals surface area contributed by atoms with E-state index in [1.54, 1.807) is 12.1 Å². The lowest BCUT2D eigenvalue weighted by Crippen LogP contribution is -2.37. The maximum atomic E-state index is 12.6. The van der Waals surface area contributed by atoms with Gasteiger partial charge >= 0.3 is 0 Å². The third-order valence-corrected chi connectivity index (χ3v) is 5.50. The Labute approximate surface area is 170 Å². The first-order chi connectivity index (χ1) is 13.2. The molecule has 0 radical (unpaired) electrons. The van der Waals surface area contributed by atoms with Gasteiger partial charge in [0.2, 0.25) is 15.9 Å². The molecule has 0 saturated carbocycles. The van der Waals surface area contributed by atoms with E-state index in [-0.39, 0.29) is 22.2 Å².